The lowest BCUT2D eigenvalue weighted by atomic mass is 9.96. The number of carbonyl (C=O) groups excluding carboxylic acids is 1. The molecule has 0 radical (unpaired) electrons. The van der Waals surface area contributed by atoms with E-state index >= 15 is 0 Å². The van der Waals surface area contributed by atoms with Crippen molar-refractivity contribution in [1.82, 2.24) is 5.32 Å². The Morgan fingerprint density at radius 3 is 2.30 bits per heavy atom. The quantitative estimate of drug-likeness (QED) is 0.848. The smallest absolute Gasteiger partial charge is 0.239 e. The zero-order valence-corrected chi connectivity index (χ0v) is 13.8. The van der Waals surface area contributed by atoms with Crippen LogP contribution in [-0.2, 0) is 11.2 Å². The minimum Gasteiger partial charge on any atom is -0.354 e. The molecule has 1 atom stereocenters. The summed E-state index contributed by atoms with van der Waals surface area (Å²) in [6.07, 6.45) is 2.47. The van der Waals surface area contributed by atoms with Crippen molar-refractivity contribution in [2.24, 2.45) is 5.73 Å². The summed E-state index contributed by atoms with van der Waals surface area (Å²) in [5.74, 6) is -0.0567. The van der Waals surface area contributed by atoms with E-state index < -0.39 is 5.54 Å². The lowest BCUT2D eigenvalue weighted by Crippen LogP contribution is -2.51. The largest absolute Gasteiger partial charge is 0.354 e. The Balaban J connectivity index is 0.00000361. The highest BCUT2D eigenvalue weighted by atomic mass is 35.5. The third-order valence-electron chi connectivity index (χ3n) is 3.27. The summed E-state index contributed by atoms with van der Waals surface area (Å²) in [6, 6.07) is 6.47. The Morgan fingerprint density at radius 2 is 1.80 bits per heavy atom. The van der Waals surface area contributed by atoms with Crippen molar-refractivity contribution in [3.63, 3.8) is 0 Å². The van der Waals surface area contributed by atoms with Crippen LogP contribution in [0.1, 0.15) is 43.4 Å². The summed E-state index contributed by atoms with van der Waals surface area (Å²) in [5.41, 5.74) is 9.01. The molecule has 0 aliphatic heterocycles. The van der Waals surface area contributed by atoms with Crippen molar-refractivity contribution >= 4 is 18.3 Å². The first-order chi connectivity index (χ1) is 8.85. The van der Waals surface area contributed by atoms with Gasteiger partial charge in [-0.05, 0) is 39.2 Å². The summed E-state index contributed by atoms with van der Waals surface area (Å²) in [7, 11) is 0. The van der Waals surface area contributed by atoms with E-state index in [1.165, 1.54) is 16.7 Å². The van der Waals surface area contributed by atoms with Gasteiger partial charge in [0.25, 0.3) is 0 Å². The van der Waals surface area contributed by atoms with Gasteiger partial charge in [-0.1, -0.05) is 42.7 Å². The van der Waals surface area contributed by atoms with Gasteiger partial charge >= 0.3 is 0 Å². The van der Waals surface area contributed by atoms with E-state index in [1.807, 2.05) is 6.92 Å². The van der Waals surface area contributed by atoms with Crippen molar-refractivity contribution in [1.29, 1.82) is 0 Å². The van der Waals surface area contributed by atoms with Crippen molar-refractivity contribution in [3.05, 3.63) is 34.9 Å². The third kappa shape index (κ3) is 5.93. The highest BCUT2D eigenvalue weighted by Gasteiger charge is 2.26. The summed E-state index contributed by atoms with van der Waals surface area (Å²) >= 11 is 0. The molecule has 0 saturated heterocycles. The van der Waals surface area contributed by atoms with Gasteiger partial charge in [0.1, 0.15) is 0 Å². The highest BCUT2D eigenvalue weighted by molar-refractivity contribution is 5.85. The second-order valence-electron chi connectivity index (χ2n) is 5.67. The van der Waals surface area contributed by atoms with Crippen LogP contribution >= 0.6 is 12.4 Å². The van der Waals surface area contributed by atoms with Gasteiger partial charge in [-0.3, -0.25) is 4.79 Å². The molecule has 1 unspecified atom stereocenters. The third-order valence-corrected chi connectivity index (χ3v) is 3.27. The van der Waals surface area contributed by atoms with E-state index in [4.69, 9.17) is 5.73 Å². The first-order valence-corrected chi connectivity index (χ1v) is 6.99. The van der Waals surface area contributed by atoms with Gasteiger partial charge in [0.05, 0.1) is 5.54 Å². The number of aryl methyl sites for hydroxylation is 2. The topological polar surface area (TPSA) is 55.1 Å². The predicted molar refractivity (Wildman–Crippen MR) is 87.4 cm³/mol. The van der Waals surface area contributed by atoms with E-state index in [0.29, 0.717) is 13.0 Å². The number of nitrogens with two attached hydrogens (primary N) is 1. The maximum Gasteiger partial charge on any atom is 0.239 e. The standard InChI is InChI=1S/C16H26N2O.ClH/c1-5-7-16(4,17)15(19)18-8-6-14-10-12(2)9-13(3)11-14;/h9-11H,5-8,17H2,1-4H3,(H,18,19);1H. The lowest BCUT2D eigenvalue weighted by molar-refractivity contribution is -0.126. The molecular formula is C16H27ClN2O. The van der Waals surface area contributed by atoms with Crippen molar-refractivity contribution in [2.45, 2.75) is 52.5 Å². The van der Waals surface area contributed by atoms with Gasteiger partial charge in [0, 0.05) is 6.54 Å². The molecule has 0 aliphatic carbocycles. The molecule has 0 aliphatic rings. The van der Waals surface area contributed by atoms with Crippen molar-refractivity contribution in [3.8, 4) is 0 Å². The molecule has 0 heterocycles. The van der Waals surface area contributed by atoms with Crippen LogP contribution in [0.5, 0.6) is 0 Å². The minimum atomic E-state index is -0.753. The molecule has 3 nitrogen and oxygen atoms in total. The Labute approximate surface area is 128 Å². The zero-order chi connectivity index (χ0) is 14.5. The van der Waals surface area contributed by atoms with Crippen LogP contribution in [0.3, 0.4) is 0 Å². The number of halogens is 1. The van der Waals surface area contributed by atoms with Gasteiger partial charge in [0.15, 0.2) is 0 Å². The first-order valence-electron chi connectivity index (χ1n) is 6.99. The van der Waals surface area contributed by atoms with Gasteiger partial charge in [-0.25, -0.2) is 0 Å². The second-order valence-corrected chi connectivity index (χ2v) is 5.67. The fraction of sp³-hybridized carbons (Fsp3) is 0.562. The molecule has 20 heavy (non-hydrogen) atoms. The summed E-state index contributed by atoms with van der Waals surface area (Å²) in [6.45, 7) is 8.65. The second kappa shape index (κ2) is 8.28. The van der Waals surface area contributed by atoms with E-state index in [2.05, 4.69) is 37.4 Å². The lowest BCUT2D eigenvalue weighted by Gasteiger charge is -2.22. The number of carbonyl (C=O) groups is 1. The maximum absolute atomic E-state index is 11.9. The van der Waals surface area contributed by atoms with Crippen LogP contribution in [0, 0.1) is 13.8 Å². The Morgan fingerprint density at radius 1 is 1.25 bits per heavy atom. The molecule has 0 spiro atoms. The summed E-state index contributed by atoms with van der Waals surface area (Å²) in [4.78, 5) is 11.9. The molecular weight excluding hydrogens is 272 g/mol. The van der Waals surface area contributed by atoms with Crippen molar-refractivity contribution < 1.29 is 4.79 Å². The Bertz CT molecular complexity index is 424. The molecule has 4 heteroatoms. The average Bonchev–Trinajstić information content (AvgIpc) is 2.27. The molecule has 1 aromatic carbocycles. The SMILES string of the molecule is CCCC(C)(N)C(=O)NCCc1cc(C)cc(C)c1.Cl. The molecule has 0 bridgehead atoms. The first kappa shape index (κ1) is 18.9. The molecule has 3 N–H and O–H groups in total. The maximum atomic E-state index is 11.9. The normalized spacial score (nSPS) is 13.2. The number of amides is 1. The molecule has 0 fully saturated rings. The predicted octanol–water partition coefficient (Wildman–Crippen LogP) is 2.90. The average molecular weight is 299 g/mol. The molecule has 1 aromatic rings. The van der Waals surface area contributed by atoms with Crippen LogP contribution in [0.4, 0.5) is 0 Å². The van der Waals surface area contributed by atoms with Gasteiger partial charge in [-0.15, -0.1) is 12.4 Å². The Kier molecular flexibility index (Phi) is 7.84. The van der Waals surface area contributed by atoms with Crippen LogP contribution in [0.2, 0.25) is 0 Å². The van der Waals surface area contributed by atoms with Crippen LogP contribution in [0.25, 0.3) is 0 Å². The van der Waals surface area contributed by atoms with Gasteiger partial charge in [0.2, 0.25) is 5.91 Å². The van der Waals surface area contributed by atoms with E-state index in [1.54, 1.807) is 6.92 Å². The fourth-order valence-electron chi connectivity index (χ4n) is 2.37. The zero-order valence-electron chi connectivity index (χ0n) is 13.0. The molecule has 114 valence electrons. The molecule has 0 aromatic heterocycles. The molecule has 1 rings (SSSR count). The van der Waals surface area contributed by atoms with Crippen LogP contribution in [0.15, 0.2) is 18.2 Å². The minimum absolute atomic E-state index is 0. The number of hydrogen-bond acceptors (Lipinski definition) is 2. The van der Waals surface area contributed by atoms with E-state index in [0.717, 1.165) is 12.8 Å². The number of hydrogen-bond donors (Lipinski definition) is 2. The van der Waals surface area contributed by atoms with Crippen LogP contribution in [-0.4, -0.2) is 18.0 Å². The van der Waals surface area contributed by atoms with E-state index in [-0.39, 0.29) is 18.3 Å². The van der Waals surface area contributed by atoms with E-state index in [9.17, 15) is 4.79 Å². The number of nitrogens with one attached hydrogen (secondary N) is 1. The van der Waals surface area contributed by atoms with Crippen molar-refractivity contribution in [2.75, 3.05) is 6.54 Å². The highest BCUT2D eigenvalue weighted by Crippen LogP contribution is 2.10. The monoisotopic (exact) mass is 298 g/mol. The Hall–Kier alpha value is -1.06. The van der Waals surface area contributed by atoms with Gasteiger partial charge in [-0.2, -0.15) is 0 Å². The molecule has 1 amide bonds. The summed E-state index contributed by atoms with van der Waals surface area (Å²) in [5, 5.41) is 2.93. The summed E-state index contributed by atoms with van der Waals surface area (Å²) < 4.78 is 0. The molecule has 0 saturated carbocycles. The van der Waals surface area contributed by atoms with Crippen LogP contribution < -0.4 is 11.1 Å². The fourth-order valence-corrected chi connectivity index (χ4v) is 2.37. The van der Waals surface area contributed by atoms with Gasteiger partial charge < -0.3 is 11.1 Å². The number of benzene rings is 1. The number of rotatable bonds is 6.